The summed E-state index contributed by atoms with van der Waals surface area (Å²) >= 11 is 0. The third-order valence-electron chi connectivity index (χ3n) is 5.35. The van der Waals surface area contributed by atoms with Crippen LogP contribution in [0.15, 0.2) is 36.5 Å². The van der Waals surface area contributed by atoms with Gasteiger partial charge in [-0.3, -0.25) is 0 Å². The number of hydrogen-bond donors (Lipinski definition) is 3. The summed E-state index contributed by atoms with van der Waals surface area (Å²) in [7, 11) is 5.69. The van der Waals surface area contributed by atoms with Gasteiger partial charge in [0.2, 0.25) is 0 Å². The molecule has 0 unspecified atom stereocenters. The molecular weight excluding hydrogens is 324 g/mol. The molecule has 0 bridgehead atoms. The first-order valence-corrected chi connectivity index (χ1v) is 9.45. The number of anilines is 1. The van der Waals surface area contributed by atoms with Gasteiger partial charge in [-0.1, -0.05) is 6.07 Å². The van der Waals surface area contributed by atoms with Gasteiger partial charge in [-0.15, -0.1) is 0 Å². The van der Waals surface area contributed by atoms with Crippen LogP contribution in [-0.4, -0.2) is 38.3 Å². The fourth-order valence-electron chi connectivity index (χ4n) is 3.68. The molecule has 5 heteroatoms. The van der Waals surface area contributed by atoms with Gasteiger partial charge < -0.3 is 20.7 Å². The van der Waals surface area contributed by atoms with Gasteiger partial charge in [-0.2, -0.15) is 0 Å². The number of nitrogens with one attached hydrogen (secondary N) is 3. The number of pyridine rings is 1. The second-order valence-electron chi connectivity index (χ2n) is 6.92. The third-order valence-corrected chi connectivity index (χ3v) is 5.35. The van der Waals surface area contributed by atoms with Gasteiger partial charge in [0, 0.05) is 37.4 Å². The predicted molar refractivity (Wildman–Crippen MR) is 108 cm³/mol. The van der Waals surface area contributed by atoms with Crippen molar-refractivity contribution in [3.63, 3.8) is 0 Å². The maximum absolute atomic E-state index is 5.58. The Morgan fingerprint density at radius 2 is 1.73 bits per heavy atom. The van der Waals surface area contributed by atoms with Crippen LogP contribution in [0.3, 0.4) is 0 Å². The Hall–Kier alpha value is -2.11. The summed E-state index contributed by atoms with van der Waals surface area (Å²) in [5.74, 6) is 1.81. The monoisotopic (exact) mass is 354 g/mol. The minimum absolute atomic E-state index is 0.588. The number of benzene rings is 1. The largest absolute Gasteiger partial charge is 0.496 e. The van der Waals surface area contributed by atoms with Gasteiger partial charge >= 0.3 is 0 Å². The lowest BCUT2D eigenvalue weighted by Gasteiger charge is -2.29. The van der Waals surface area contributed by atoms with E-state index in [4.69, 9.17) is 4.74 Å². The normalized spacial score (nSPS) is 20.0. The van der Waals surface area contributed by atoms with Crippen molar-refractivity contribution in [1.82, 2.24) is 15.6 Å². The first kappa shape index (κ1) is 18.7. The van der Waals surface area contributed by atoms with Crippen molar-refractivity contribution in [3.8, 4) is 16.9 Å². The van der Waals surface area contributed by atoms with E-state index in [0.29, 0.717) is 12.1 Å². The number of rotatable bonds is 7. The highest BCUT2D eigenvalue weighted by Crippen LogP contribution is 2.28. The molecule has 140 valence electrons. The minimum Gasteiger partial charge on any atom is -0.496 e. The van der Waals surface area contributed by atoms with Crippen LogP contribution in [0.4, 0.5) is 5.82 Å². The molecule has 3 N–H and O–H groups in total. The first-order chi connectivity index (χ1) is 12.7. The van der Waals surface area contributed by atoms with Crippen LogP contribution in [0.5, 0.6) is 5.75 Å². The van der Waals surface area contributed by atoms with Gasteiger partial charge in [0.15, 0.2) is 0 Å². The average Bonchev–Trinajstić information content (AvgIpc) is 2.72. The smallest absolute Gasteiger partial charge is 0.126 e. The van der Waals surface area contributed by atoms with Crippen molar-refractivity contribution in [3.05, 3.63) is 42.1 Å². The van der Waals surface area contributed by atoms with Crippen molar-refractivity contribution in [2.24, 2.45) is 0 Å². The van der Waals surface area contributed by atoms with E-state index in [1.165, 1.54) is 36.8 Å². The van der Waals surface area contributed by atoms with E-state index >= 15 is 0 Å². The van der Waals surface area contributed by atoms with E-state index in [-0.39, 0.29) is 0 Å². The summed E-state index contributed by atoms with van der Waals surface area (Å²) in [4.78, 5) is 4.30. The minimum atomic E-state index is 0.588. The molecular formula is C21H30N4O. The van der Waals surface area contributed by atoms with Crippen LogP contribution in [0.2, 0.25) is 0 Å². The van der Waals surface area contributed by atoms with Crippen LogP contribution in [-0.2, 0) is 6.54 Å². The van der Waals surface area contributed by atoms with Gasteiger partial charge in [0.25, 0.3) is 0 Å². The van der Waals surface area contributed by atoms with Gasteiger partial charge in [0.1, 0.15) is 11.6 Å². The Morgan fingerprint density at radius 3 is 2.42 bits per heavy atom. The van der Waals surface area contributed by atoms with Crippen LogP contribution < -0.4 is 20.7 Å². The molecule has 0 aliphatic heterocycles. The molecule has 0 saturated heterocycles. The van der Waals surface area contributed by atoms with Crippen LogP contribution >= 0.6 is 0 Å². The molecule has 1 aliphatic rings. The Bertz CT molecular complexity index is 711. The van der Waals surface area contributed by atoms with Gasteiger partial charge in [-0.05, 0) is 68.1 Å². The molecule has 1 fully saturated rings. The van der Waals surface area contributed by atoms with E-state index in [9.17, 15) is 0 Å². The fourth-order valence-corrected chi connectivity index (χ4v) is 3.68. The number of ether oxygens (including phenoxy) is 1. The molecule has 26 heavy (non-hydrogen) atoms. The quantitative estimate of drug-likeness (QED) is 0.711. The van der Waals surface area contributed by atoms with E-state index in [2.05, 4.69) is 52.2 Å². The van der Waals surface area contributed by atoms with E-state index in [0.717, 1.165) is 23.7 Å². The Balaban J connectivity index is 1.71. The zero-order valence-electron chi connectivity index (χ0n) is 16.0. The number of methoxy groups -OCH3 is 1. The highest BCUT2D eigenvalue weighted by molar-refractivity contribution is 5.68. The Kier molecular flexibility index (Phi) is 6.47. The highest BCUT2D eigenvalue weighted by Gasteiger charge is 2.19. The Morgan fingerprint density at radius 1 is 1.00 bits per heavy atom. The lowest BCUT2D eigenvalue weighted by atomic mass is 9.91. The molecule has 3 rings (SSSR count). The maximum Gasteiger partial charge on any atom is 0.126 e. The molecule has 1 heterocycles. The number of aromatic nitrogens is 1. The maximum atomic E-state index is 5.58. The Labute approximate surface area is 156 Å². The van der Waals surface area contributed by atoms with Crippen molar-refractivity contribution in [2.45, 2.75) is 44.3 Å². The van der Waals surface area contributed by atoms with E-state index in [1.54, 1.807) is 7.11 Å². The summed E-state index contributed by atoms with van der Waals surface area (Å²) in [6.45, 7) is 0.829. The molecule has 0 spiro atoms. The molecule has 2 aromatic rings. The lowest BCUT2D eigenvalue weighted by Crippen LogP contribution is -2.38. The van der Waals surface area contributed by atoms with Crippen LogP contribution in [0, 0.1) is 0 Å². The lowest BCUT2D eigenvalue weighted by molar-refractivity contribution is 0.315. The van der Waals surface area contributed by atoms with Crippen molar-refractivity contribution in [2.75, 3.05) is 26.5 Å². The zero-order valence-corrected chi connectivity index (χ0v) is 16.0. The zero-order chi connectivity index (χ0) is 18.4. The summed E-state index contributed by atoms with van der Waals surface area (Å²) in [5, 5.41) is 10.2. The number of hydrogen-bond acceptors (Lipinski definition) is 5. The second kappa shape index (κ2) is 9.01. The molecule has 0 amide bonds. The van der Waals surface area contributed by atoms with Crippen LogP contribution in [0.1, 0.15) is 31.2 Å². The summed E-state index contributed by atoms with van der Waals surface area (Å²) < 4.78 is 5.58. The van der Waals surface area contributed by atoms with E-state index in [1.807, 2.05) is 19.3 Å². The van der Waals surface area contributed by atoms with Crippen molar-refractivity contribution in [1.29, 1.82) is 0 Å². The molecule has 0 radical (unpaired) electrons. The molecule has 1 aliphatic carbocycles. The van der Waals surface area contributed by atoms with Gasteiger partial charge in [0.05, 0.1) is 7.11 Å². The van der Waals surface area contributed by atoms with Crippen LogP contribution in [0.25, 0.3) is 11.1 Å². The highest BCUT2D eigenvalue weighted by atomic mass is 16.5. The molecule has 5 nitrogen and oxygen atoms in total. The fraction of sp³-hybridized carbons (Fsp3) is 0.476. The van der Waals surface area contributed by atoms with E-state index < -0.39 is 0 Å². The first-order valence-electron chi connectivity index (χ1n) is 9.45. The third kappa shape index (κ3) is 4.54. The average molecular weight is 354 g/mol. The van der Waals surface area contributed by atoms with Crippen molar-refractivity contribution >= 4 is 5.82 Å². The second-order valence-corrected chi connectivity index (χ2v) is 6.92. The molecule has 1 aromatic carbocycles. The van der Waals surface area contributed by atoms with Crippen molar-refractivity contribution < 1.29 is 4.74 Å². The molecule has 0 atom stereocenters. The van der Waals surface area contributed by atoms with Gasteiger partial charge in [-0.25, -0.2) is 4.98 Å². The standard InChI is InChI=1S/C21H30N4O/c1-22-18-5-7-19(8-6-18)25-14-17-12-15(4-9-20(17)26-3)16-10-11-24-21(13-16)23-2/h4,9-13,18-19,22,25H,5-8,14H2,1-3H3,(H,23,24). The number of nitrogens with zero attached hydrogens (tertiary/aromatic N) is 1. The topological polar surface area (TPSA) is 58.2 Å². The summed E-state index contributed by atoms with van der Waals surface area (Å²) in [6, 6.07) is 11.8. The SMILES string of the molecule is CNc1cc(-c2ccc(OC)c(CNC3CCC(NC)CC3)c2)ccn1. The molecule has 1 saturated carbocycles. The summed E-state index contributed by atoms with van der Waals surface area (Å²) in [5.41, 5.74) is 3.53. The molecule has 1 aromatic heterocycles. The predicted octanol–water partition coefficient (Wildman–Crippen LogP) is 3.42. The summed E-state index contributed by atoms with van der Waals surface area (Å²) in [6.07, 6.45) is 6.78.